The zero-order valence-corrected chi connectivity index (χ0v) is 39.9. The van der Waals surface area contributed by atoms with Gasteiger partial charge in [0.2, 0.25) is 0 Å². The molecule has 4 atom stereocenters. The van der Waals surface area contributed by atoms with Gasteiger partial charge >= 0.3 is 12.2 Å². The van der Waals surface area contributed by atoms with Crippen molar-refractivity contribution in [1.82, 2.24) is 39.3 Å². The number of piperazine rings is 1. The lowest BCUT2D eigenvalue weighted by Gasteiger charge is -2.34. The molecule has 1 aliphatic carbocycles. The first-order valence-electron chi connectivity index (χ1n) is 20.4. The van der Waals surface area contributed by atoms with E-state index in [9.17, 15) is 0 Å². The summed E-state index contributed by atoms with van der Waals surface area (Å²) in [6, 6.07) is 3.79. The van der Waals surface area contributed by atoms with Crippen LogP contribution >= 0.6 is 58.6 Å². The van der Waals surface area contributed by atoms with Crippen molar-refractivity contribution in [2.75, 3.05) is 44.2 Å². The topological polar surface area (TPSA) is 89.2 Å². The predicted octanol–water partition coefficient (Wildman–Crippen LogP) is 10.6. The molecule has 3 unspecified atom stereocenters. The number of rotatable bonds is 10. The lowest BCUT2D eigenvalue weighted by atomic mass is 9.91. The largest absolute Gasteiger partial charge is 0.462 e. The third kappa shape index (κ3) is 8.30. The number of alkyl halides is 5. The lowest BCUT2D eigenvalue weighted by molar-refractivity contribution is -0.137. The molecule has 9 rings (SSSR count). The predicted molar refractivity (Wildman–Crippen MR) is 249 cm³/mol. The van der Waals surface area contributed by atoms with Gasteiger partial charge in [0.25, 0.3) is 5.92 Å². The molecule has 322 valence electrons. The van der Waals surface area contributed by atoms with Gasteiger partial charge in [-0.3, -0.25) is 4.98 Å². The van der Waals surface area contributed by atoms with Crippen molar-refractivity contribution in [2.24, 2.45) is 18.4 Å². The van der Waals surface area contributed by atoms with E-state index in [1.165, 1.54) is 34.3 Å². The minimum absolute atomic E-state index is 0.0291. The number of nitrogens with one attached hydrogen (secondary N) is 1. The quantitative estimate of drug-likeness (QED) is 0.0636. The Morgan fingerprint density at radius 1 is 1.08 bits per heavy atom. The van der Waals surface area contributed by atoms with Crippen LogP contribution < -0.4 is 15.0 Å². The van der Waals surface area contributed by atoms with E-state index in [4.69, 9.17) is 14.7 Å². The van der Waals surface area contributed by atoms with Gasteiger partial charge in [0.1, 0.15) is 18.1 Å². The van der Waals surface area contributed by atoms with E-state index in [-0.39, 0.29) is 60.9 Å². The number of nitrogens with zero attached hydrogens (tertiary/aromatic N) is 8. The van der Waals surface area contributed by atoms with Crippen molar-refractivity contribution in [3.8, 4) is 28.4 Å². The highest BCUT2D eigenvalue weighted by Crippen LogP contribution is 2.61. The molecule has 19 heteroatoms. The number of pyridine rings is 1. The van der Waals surface area contributed by atoms with Crippen LogP contribution in [0.2, 0.25) is 0 Å². The van der Waals surface area contributed by atoms with E-state index in [2.05, 4.69) is 79.6 Å². The maximum absolute atomic E-state index is 15.4. The number of ether oxygens (including phenoxy) is 1. The second-order valence-corrected chi connectivity index (χ2v) is 20.0. The summed E-state index contributed by atoms with van der Waals surface area (Å²) in [6.07, 6.45) is 4.04. The van der Waals surface area contributed by atoms with Gasteiger partial charge in [-0.2, -0.15) is 28.2 Å². The Balaban J connectivity index is 0.00000246. The highest BCUT2D eigenvalue weighted by molar-refractivity contribution is 14.2. The van der Waals surface area contributed by atoms with Crippen LogP contribution in [-0.4, -0.2) is 91.3 Å². The Morgan fingerprint density at radius 3 is 2.45 bits per heavy atom. The van der Waals surface area contributed by atoms with Gasteiger partial charge in [-0.05, 0) is 112 Å². The first kappa shape index (κ1) is 44.3. The van der Waals surface area contributed by atoms with Crippen LogP contribution in [0.5, 0.6) is 6.01 Å². The smallest absolute Gasteiger partial charge is 0.417 e. The molecule has 10 nitrogen and oxygen atoms in total. The fraction of sp³-hybridized carbons (Fsp3) is 0.561. The highest BCUT2D eigenvalue weighted by atomic mass is 127. The molecule has 0 spiro atoms. The Kier molecular flexibility index (Phi) is 13.1. The number of halogens is 7. The Hall–Kier alpha value is -2.31. The molecule has 0 amide bonds. The maximum atomic E-state index is 15.4. The summed E-state index contributed by atoms with van der Waals surface area (Å²) in [5, 5.41) is 12.8. The molecule has 1 saturated carbocycles. The van der Waals surface area contributed by atoms with Crippen LogP contribution in [0, 0.1) is 29.4 Å². The normalized spacial score (nSPS) is 23.1. The fourth-order valence-corrected chi connectivity index (χ4v) is 11.8. The molecule has 2 bridgehead atoms. The van der Waals surface area contributed by atoms with Crippen LogP contribution in [0.3, 0.4) is 0 Å². The highest BCUT2D eigenvalue weighted by Gasteiger charge is 2.72. The molecule has 1 N–H and O–H groups in total. The molecular weight excluding hydrogens is 1050 g/mol. The third-order valence-corrected chi connectivity index (χ3v) is 15.4. The maximum Gasteiger partial charge on any atom is 0.417 e. The molecule has 0 radical (unpaired) electrons. The average Bonchev–Trinajstić information content (AvgIpc) is 3.57. The summed E-state index contributed by atoms with van der Waals surface area (Å²) < 4.78 is 85.6. The molecule has 4 aromatic heterocycles. The zero-order chi connectivity index (χ0) is 42.6. The molecular formula is C41H47F5I2N9OPS. The number of likely N-dealkylation sites (tertiary alicyclic amines) is 1. The first-order chi connectivity index (χ1) is 28.8. The van der Waals surface area contributed by atoms with Crippen LogP contribution in [-0.2, 0) is 13.2 Å². The van der Waals surface area contributed by atoms with Crippen LogP contribution in [0.15, 0.2) is 24.5 Å². The number of aryl methyl sites for hydroxylation is 2. The van der Waals surface area contributed by atoms with Gasteiger partial charge in [0.15, 0.2) is 0 Å². The minimum atomic E-state index is -4.68. The van der Waals surface area contributed by atoms with Gasteiger partial charge in [-0.25, -0.2) is 13.2 Å². The summed E-state index contributed by atoms with van der Waals surface area (Å²) in [7, 11) is 3.24. The van der Waals surface area contributed by atoms with E-state index in [1.807, 2.05) is 13.8 Å². The van der Waals surface area contributed by atoms with Crippen molar-refractivity contribution in [3.05, 3.63) is 35.7 Å². The number of anilines is 1. The van der Waals surface area contributed by atoms with Crippen molar-refractivity contribution < 1.29 is 26.7 Å². The van der Waals surface area contributed by atoms with Gasteiger partial charge < -0.3 is 24.4 Å². The van der Waals surface area contributed by atoms with E-state index < -0.39 is 23.1 Å². The summed E-state index contributed by atoms with van der Waals surface area (Å²) >= 11 is 4.33. The van der Waals surface area contributed by atoms with Crippen molar-refractivity contribution >= 4 is 97.2 Å². The number of benzene rings is 1. The van der Waals surface area contributed by atoms with Crippen LogP contribution in [0.4, 0.5) is 27.8 Å². The molecule has 5 aromatic rings. The fourth-order valence-electron chi connectivity index (χ4n) is 9.60. The Labute approximate surface area is 377 Å². The van der Waals surface area contributed by atoms with E-state index >= 15 is 22.0 Å². The van der Waals surface area contributed by atoms with Crippen LogP contribution in [0.1, 0.15) is 69.9 Å². The van der Waals surface area contributed by atoms with Crippen molar-refractivity contribution in [3.63, 3.8) is 0 Å². The standard InChI is InChI=1S/C39H41F5I2N9OPS.C2H6/c1-22-15-28-27(16-48-55(28)57-45)29(31(22)39(42,43)44)32-33-26(8-11-47-32)30-34(52(33)2)50-36(51-35(30)54-17-24-6-7-25(18-54)49-24)56-21-37(19-38(37,40)41)20-53-12-9-23(10-13-53)5-3-4-14-58-46;1-2/h8,11,15-16,23-25,49,57H,3,5-7,9-10,12-13,17-21H2,1-2H3;1-2H3/t24?,25?,37-;/m1./s1. The Morgan fingerprint density at radius 2 is 1.80 bits per heavy atom. The second-order valence-electron chi connectivity index (χ2n) is 16.3. The number of piperidine rings is 1. The summed E-state index contributed by atoms with van der Waals surface area (Å²) in [5.41, 5.74) is -0.483. The molecule has 4 fully saturated rings. The first-order valence-corrected chi connectivity index (χ1v) is 27.8. The molecule has 7 heterocycles. The van der Waals surface area contributed by atoms with Crippen LogP contribution in [0.25, 0.3) is 44.1 Å². The SMILES string of the molecule is CC.Cc1cc2c(cnn2PI)c(-c2nccc3c4c(N5CC6CCC(C5)N6)nc(OC[C@]5(CN6CCC(CCC#CSI)CC6)CC5(F)F)nc4n(C)c23)c1C(F)(F)F. The van der Waals surface area contributed by atoms with Gasteiger partial charge in [0, 0.05) is 95.3 Å². The molecule has 3 aliphatic heterocycles. The second kappa shape index (κ2) is 17.7. The van der Waals surface area contributed by atoms with Gasteiger partial charge in [0.05, 0.1) is 45.7 Å². The van der Waals surface area contributed by atoms with Crippen molar-refractivity contribution in [1.29, 1.82) is 0 Å². The summed E-state index contributed by atoms with van der Waals surface area (Å²) in [6.45, 7) is 8.26. The molecule has 3 saturated heterocycles. The lowest BCUT2D eigenvalue weighted by Crippen LogP contribution is -2.51. The summed E-state index contributed by atoms with van der Waals surface area (Å²) in [5.74, 6) is 1.41. The number of fused-ring (bicyclic) bond motifs is 6. The Bertz CT molecular complexity index is 2450. The number of hydrogen-bond donors (Lipinski definition) is 1. The van der Waals surface area contributed by atoms with Gasteiger partial charge in [-0.1, -0.05) is 19.8 Å². The monoisotopic (exact) mass is 1090 g/mol. The zero-order valence-electron chi connectivity index (χ0n) is 33.8. The molecule has 4 aliphatic rings. The van der Waals surface area contributed by atoms with Gasteiger partial charge in [-0.15, -0.1) is 0 Å². The summed E-state index contributed by atoms with van der Waals surface area (Å²) in [4.78, 5) is 18.8. The number of hydrogen-bond acceptors (Lipinski definition) is 9. The van der Waals surface area contributed by atoms with E-state index in [1.54, 1.807) is 22.1 Å². The van der Waals surface area contributed by atoms with E-state index in [0.29, 0.717) is 57.7 Å². The minimum Gasteiger partial charge on any atom is -0.462 e. The molecule has 1 aromatic carbocycles. The van der Waals surface area contributed by atoms with Crippen molar-refractivity contribution in [2.45, 2.75) is 89.9 Å². The third-order valence-electron chi connectivity index (χ3n) is 12.6. The van der Waals surface area contributed by atoms with E-state index in [0.717, 1.165) is 51.6 Å². The average molecular weight is 1090 g/mol. The molecule has 60 heavy (non-hydrogen) atoms. The number of aromatic nitrogens is 6.